The van der Waals surface area contributed by atoms with Gasteiger partial charge in [0.2, 0.25) is 0 Å². The molecule has 0 unspecified atom stereocenters. The smallest absolute Gasteiger partial charge is 0.289 e. The zero-order valence-electron chi connectivity index (χ0n) is 15.9. The largest absolute Gasteiger partial charge is 0.495 e. The predicted molar refractivity (Wildman–Crippen MR) is 104 cm³/mol. The summed E-state index contributed by atoms with van der Waals surface area (Å²) in [5.41, 5.74) is 1.19. The fourth-order valence-corrected chi connectivity index (χ4v) is 4.38. The zero-order valence-corrected chi connectivity index (χ0v) is 15.9. The van der Waals surface area contributed by atoms with Crippen LogP contribution in [-0.2, 0) is 0 Å². The van der Waals surface area contributed by atoms with Gasteiger partial charge in [-0.25, -0.2) is 0 Å². The number of quaternary nitrogens is 1. The Morgan fingerprint density at radius 3 is 2.48 bits per heavy atom. The van der Waals surface area contributed by atoms with Crippen LogP contribution >= 0.6 is 0 Å². The van der Waals surface area contributed by atoms with Crippen LogP contribution in [0.5, 0.6) is 5.75 Å². The van der Waals surface area contributed by atoms with Crippen LogP contribution in [0.1, 0.15) is 23.4 Å². The van der Waals surface area contributed by atoms with Crippen molar-refractivity contribution >= 4 is 11.6 Å². The van der Waals surface area contributed by atoms with Gasteiger partial charge in [0.05, 0.1) is 51.3 Å². The van der Waals surface area contributed by atoms with Crippen molar-refractivity contribution in [1.82, 2.24) is 4.90 Å². The standard InChI is InChI=1S/C21H27N3O3/c1-26-19-6-3-2-5-18(19)23-14-12-22(13-15-23)17-8-10-24(11-9-17)21(25)20-7-4-16-27-20/h2-7,16-17H,8-15H2,1H3/p+1. The van der Waals surface area contributed by atoms with Gasteiger partial charge in [-0.2, -0.15) is 0 Å². The number of nitrogens with one attached hydrogen (secondary N) is 1. The van der Waals surface area contributed by atoms with E-state index in [1.807, 2.05) is 17.0 Å². The van der Waals surface area contributed by atoms with E-state index >= 15 is 0 Å². The lowest BCUT2D eigenvalue weighted by molar-refractivity contribution is -0.927. The number of hydrogen-bond acceptors (Lipinski definition) is 4. The van der Waals surface area contributed by atoms with Crippen LogP contribution in [0.3, 0.4) is 0 Å². The molecule has 0 atom stereocenters. The summed E-state index contributed by atoms with van der Waals surface area (Å²) in [4.78, 5) is 18.4. The van der Waals surface area contributed by atoms with E-state index in [1.165, 1.54) is 5.69 Å². The summed E-state index contributed by atoms with van der Waals surface area (Å²) >= 11 is 0. The molecule has 2 aliphatic rings. The van der Waals surface area contributed by atoms with Crippen molar-refractivity contribution in [1.29, 1.82) is 0 Å². The minimum Gasteiger partial charge on any atom is -0.495 e. The van der Waals surface area contributed by atoms with E-state index in [-0.39, 0.29) is 5.91 Å². The summed E-state index contributed by atoms with van der Waals surface area (Å²) in [5, 5.41) is 0. The van der Waals surface area contributed by atoms with Crippen molar-refractivity contribution in [3.05, 3.63) is 48.4 Å². The van der Waals surface area contributed by atoms with Gasteiger partial charge in [-0.05, 0) is 24.3 Å². The first-order valence-electron chi connectivity index (χ1n) is 9.81. The van der Waals surface area contributed by atoms with Crippen molar-refractivity contribution in [3.63, 3.8) is 0 Å². The molecule has 0 radical (unpaired) electrons. The number of carbonyl (C=O) groups is 1. The molecule has 2 aliphatic heterocycles. The fraction of sp³-hybridized carbons (Fsp3) is 0.476. The second-order valence-electron chi connectivity index (χ2n) is 7.36. The first-order valence-corrected chi connectivity index (χ1v) is 9.81. The Kier molecular flexibility index (Phi) is 5.34. The molecule has 3 heterocycles. The Balaban J connectivity index is 1.29. The lowest BCUT2D eigenvalue weighted by Crippen LogP contribution is -3.18. The number of ether oxygens (including phenoxy) is 1. The summed E-state index contributed by atoms with van der Waals surface area (Å²) in [5.74, 6) is 1.42. The first-order chi connectivity index (χ1) is 13.3. The number of anilines is 1. The summed E-state index contributed by atoms with van der Waals surface area (Å²) in [6.45, 7) is 6.00. The highest BCUT2D eigenvalue weighted by molar-refractivity contribution is 5.91. The minimum absolute atomic E-state index is 0.0226. The topological polar surface area (TPSA) is 50.4 Å². The maximum atomic E-state index is 12.4. The average Bonchev–Trinajstić information content (AvgIpc) is 3.28. The van der Waals surface area contributed by atoms with Gasteiger partial charge in [0.25, 0.3) is 5.91 Å². The van der Waals surface area contributed by atoms with Crippen molar-refractivity contribution in [3.8, 4) is 5.75 Å². The average molecular weight is 370 g/mol. The van der Waals surface area contributed by atoms with Crippen LogP contribution in [0.15, 0.2) is 47.1 Å². The lowest BCUT2D eigenvalue weighted by Gasteiger charge is -2.41. The molecule has 1 N–H and O–H groups in total. The molecule has 1 aromatic carbocycles. The van der Waals surface area contributed by atoms with Gasteiger partial charge in [-0.3, -0.25) is 4.79 Å². The molecule has 144 valence electrons. The number of amides is 1. The van der Waals surface area contributed by atoms with Gasteiger partial charge in [-0.15, -0.1) is 0 Å². The molecule has 2 fully saturated rings. The molecule has 0 aliphatic carbocycles. The maximum Gasteiger partial charge on any atom is 0.289 e. The molecular formula is C21H28N3O3+. The number of benzene rings is 1. The highest BCUT2D eigenvalue weighted by atomic mass is 16.5. The normalized spacial score (nSPS) is 19.3. The summed E-state index contributed by atoms with van der Waals surface area (Å²) in [6.07, 6.45) is 3.69. The number of nitrogens with zero attached hydrogens (tertiary/aromatic N) is 2. The third-order valence-electron chi connectivity index (χ3n) is 5.92. The number of furan rings is 1. The predicted octanol–water partition coefficient (Wildman–Crippen LogP) is 1.30. The highest BCUT2D eigenvalue weighted by Crippen LogP contribution is 2.27. The summed E-state index contributed by atoms with van der Waals surface area (Å²) < 4.78 is 10.8. The van der Waals surface area contributed by atoms with E-state index in [4.69, 9.17) is 9.15 Å². The van der Waals surface area contributed by atoms with Gasteiger partial charge in [0.15, 0.2) is 5.76 Å². The molecule has 2 saturated heterocycles. The van der Waals surface area contributed by atoms with Crippen LogP contribution in [0.4, 0.5) is 5.69 Å². The number of para-hydroxylation sites is 2. The van der Waals surface area contributed by atoms with Crippen molar-refractivity contribution < 1.29 is 18.8 Å². The molecular weight excluding hydrogens is 342 g/mol. The zero-order chi connectivity index (χ0) is 18.6. The van der Waals surface area contributed by atoms with Crippen molar-refractivity contribution in [2.45, 2.75) is 18.9 Å². The SMILES string of the molecule is COc1ccccc1N1CC[NH+](C2CCN(C(=O)c3ccco3)CC2)CC1. The third kappa shape index (κ3) is 3.81. The second-order valence-corrected chi connectivity index (χ2v) is 7.36. The number of rotatable bonds is 4. The molecule has 27 heavy (non-hydrogen) atoms. The minimum atomic E-state index is 0.0226. The van der Waals surface area contributed by atoms with E-state index in [2.05, 4.69) is 17.0 Å². The third-order valence-corrected chi connectivity index (χ3v) is 5.92. The number of piperidine rings is 1. The van der Waals surface area contributed by atoms with Crippen LogP contribution in [0.25, 0.3) is 0 Å². The Morgan fingerprint density at radius 1 is 1.07 bits per heavy atom. The van der Waals surface area contributed by atoms with Gasteiger partial charge in [0.1, 0.15) is 5.75 Å². The highest BCUT2D eigenvalue weighted by Gasteiger charge is 2.33. The molecule has 4 rings (SSSR count). The molecule has 1 amide bonds. The Morgan fingerprint density at radius 2 is 1.81 bits per heavy atom. The number of piperazine rings is 1. The molecule has 1 aromatic heterocycles. The van der Waals surface area contributed by atoms with Gasteiger partial charge in [0, 0.05) is 25.9 Å². The van der Waals surface area contributed by atoms with Gasteiger partial charge in [-0.1, -0.05) is 12.1 Å². The number of likely N-dealkylation sites (tertiary alicyclic amines) is 1. The van der Waals surface area contributed by atoms with E-state index in [0.29, 0.717) is 11.8 Å². The number of carbonyl (C=O) groups excluding carboxylic acids is 1. The van der Waals surface area contributed by atoms with Crippen LogP contribution < -0.4 is 14.5 Å². The van der Waals surface area contributed by atoms with Crippen LogP contribution in [0, 0.1) is 0 Å². The Bertz CT molecular complexity index is 746. The van der Waals surface area contributed by atoms with Gasteiger partial charge < -0.3 is 23.9 Å². The van der Waals surface area contributed by atoms with Crippen LogP contribution in [-0.4, -0.2) is 63.2 Å². The quantitative estimate of drug-likeness (QED) is 0.881. The number of methoxy groups -OCH3 is 1. The van der Waals surface area contributed by atoms with E-state index in [0.717, 1.165) is 57.9 Å². The monoisotopic (exact) mass is 370 g/mol. The van der Waals surface area contributed by atoms with Crippen molar-refractivity contribution in [2.75, 3.05) is 51.3 Å². The Labute approximate surface area is 160 Å². The number of hydrogen-bond donors (Lipinski definition) is 1. The molecule has 0 bridgehead atoms. The molecule has 6 heteroatoms. The van der Waals surface area contributed by atoms with E-state index in [1.54, 1.807) is 30.4 Å². The van der Waals surface area contributed by atoms with Crippen molar-refractivity contribution in [2.24, 2.45) is 0 Å². The lowest BCUT2D eigenvalue weighted by atomic mass is 10.0. The second kappa shape index (κ2) is 8.05. The summed E-state index contributed by atoms with van der Waals surface area (Å²) in [7, 11) is 1.73. The van der Waals surface area contributed by atoms with Gasteiger partial charge >= 0.3 is 0 Å². The van der Waals surface area contributed by atoms with E-state index in [9.17, 15) is 4.79 Å². The molecule has 0 saturated carbocycles. The first kappa shape index (κ1) is 17.9. The van der Waals surface area contributed by atoms with Crippen LogP contribution in [0.2, 0.25) is 0 Å². The molecule has 2 aromatic rings. The molecule has 6 nitrogen and oxygen atoms in total. The van der Waals surface area contributed by atoms with E-state index < -0.39 is 0 Å². The maximum absolute atomic E-state index is 12.4. The Hall–Kier alpha value is -2.47. The fourth-order valence-electron chi connectivity index (χ4n) is 4.38. The molecule has 0 spiro atoms. The summed E-state index contributed by atoms with van der Waals surface area (Å²) in [6, 6.07) is 12.4.